The first-order chi connectivity index (χ1) is 11.7. The van der Waals surface area contributed by atoms with Gasteiger partial charge in [-0.1, -0.05) is 17.8 Å². The molecule has 3 rings (SSSR count). The smallest absolute Gasteiger partial charge is 0.263 e. The van der Waals surface area contributed by atoms with Crippen molar-refractivity contribution in [3.05, 3.63) is 34.1 Å². The van der Waals surface area contributed by atoms with E-state index in [0.717, 1.165) is 22.9 Å². The molecule has 0 unspecified atom stereocenters. The highest BCUT2D eigenvalue weighted by Gasteiger charge is 2.22. The van der Waals surface area contributed by atoms with Crippen LogP contribution in [0.25, 0.3) is 11.3 Å². The van der Waals surface area contributed by atoms with Crippen molar-refractivity contribution in [3.8, 4) is 22.8 Å². The number of fused-ring (bicyclic) bond motifs is 1. The van der Waals surface area contributed by atoms with Crippen molar-refractivity contribution in [2.75, 3.05) is 27.0 Å². The summed E-state index contributed by atoms with van der Waals surface area (Å²) in [6.07, 6.45) is 2.53. The van der Waals surface area contributed by atoms with E-state index in [0.29, 0.717) is 29.3 Å². The van der Waals surface area contributed by atoms with E-state index in [1.165, 1.54) is 0 Å². The molecule has 0 saturated heterocycles. The number of hydrogen-bond donors (Lipinski definition) is 0. The number of hydrogen-bond acceptors (Lipinski definition) is 6. The molecule has 6 nitrogen and oxygen atoms in total. The Hall–Kier alpha value is -2.28. The molecule has 0 fully saturated rings. The van der Waals surface area contributed by atoms with E-state index in [4.69, 9.17) is 14.5 Å². The second-order valence-electron chi connectivity index (χ2n) is 5.24. The Kier molecular flexibility index (Phi) is 4.89. The van der Waals surface area contributed by atoms with E-state index >= 15 is 0 Å². The molecule has 1 aromatic carbocycles. The minimum Gasteiger partial charge on any atom is -0.493 e. The van der Waals surface area contributed by atoms with Crippen molar-refractivity contribution in [1.29, 1.82) is 0 Å². The fourth-order valence-electron chi connectivity index (χ4n) is 2.77. The topological polar surface area (TPSA) is 65.7 Å². The largest absolute Gasteiger partial charge is 0.493 e. The van der Waals surface area contributed by atoms with Crippen LogP contribution < -0.4 is 15.0 Å². The Bertz CT molecular complexity index is 846. The number of rotatable bonds is 4. The Labute approximate surface area is 144 Å². The minimum absolute atomic E-state index is 0.0716. The molecular weight excluding hydrogens is 326 g/mol. The molecule has 0 atom stereocenters. The molecule has 1 aliphatic heterocycles. The van der Waals surface area contributed by atoms with Crippen LogP contribution in [0.4, 0.5) is 0 Å². The van der Waals surface area contributed by atoms with Crippen molar-refractivity contribution < 1.29 is 9.47 Å². The monoisotopic (exact) mass is 345 g/mol. The van der Waals surface area contributed by atoms with Gasteiger partial charge in [0.15, 0.2) is 16.7 Å². The summed E-state index contributed by atoms with van der Waals surface area (Å²) in [4.78, 5) is 21.7. The van der Waals surface area contributed by atoms with Gasteiger partial charge in [0.05, 0.1) is 25.5 Å². The normalized spacial score (nSPS) is 13.8. The zero-order valence-electron chi connectivity index (χ0n) is 13.9. The summed E-state index contributed by atoms with van der Waals surface area (Å²) in [5.41, 5.74) is 1.69. The quantitative estimate of drug-likeness (QED) is 0.629. The van der Waals surface area contributed by atoms with Gasteiger partial charge in [-0.15, -0.1) is 0 Å². The molecule has 0 spiro atoms. The number of benzene rings is 1. The summed E-state index contributed by atoms with van der Waals surface area (Å²) in [6.45, 7) is 0.689. The van der Waals surface area contributed by atoms with Crippen molar-refractivity contribution in [2.45, 2.75) is 18.1 Å². The summed E-state index contributed by atoms with van der Waals surface area (Å²) in [6, 6.07) is 5.55. The molecule has 0 radical (unpaired) electrons. The van der Waals surface area contributed by atoms with Crippen LogP contribution >= 0.6 is 11.8 Å². The van der Waals surface area contributed by atoms with Crippen LogP contribution in [-0.2, 0) is 6.54 Å². The second kappa shape index (κ2) is 7.09. The number of para-hydroxylation sites is 1. The summed E-state index contributed by atoms with van der Waals surface area (Å²) in [5, 5.41) is 0.736. The Morgan fingerprint density at radius 1 is 1.33 bits per heavy atom. The molecule has 0 N–H and O–H groups in total. The van der Waals surface area contributed by atoms with Crippen LogP contribution in [0.2, 0.25) is 0 Å². The van der Waals surface area contributed by atoms with Crippen molar-refractivity contribution in [3.63, 3.8) is 0 Å². The summed E-state index contributed by atoms with van der Waals surface area (Å²) in [7, 11) is 4.81. The molecule has 2 aromatic rings. The SMILES string of the molecule is C/N=C/c1c(-c2cccc(OC)c2OC)nc2n(c1=O)CCCS2. The van der Waals surface area contributed by atoms with Crippen LogP contribution in [0.1, 0.15) is 12.0 Å². The van der Waals surface area contributed by atoms with E-state index in [2.05, 4.69) is 4.99 Å². The molecule has 0 aliphatic carbocycles. The van der Waals surface area contributed by atoms with E-state index in [1.807, 2.05) is 18.2 Å². The van der Waals surface area contributed by atoms with Crippen LogP contribution in [0.15, 0.2) is 33.1 Å². The Balaban J connectivity index is 2.32. The molecule has 0 amide bonds. The fraction of sp³-hybridized carbons (Fsp3) is 0.353. The maximum absolute atomic E-state index is 12.9. The highest BCUT2D eigenvalue weighted by atomic mass is 32.2. The number of aliphatic imine (C=N–C) groups is 1. The van der Waals surface area contributed by atoms with Gasteiger partial charge in [-0.25, -0.2) is 4.98 Å². The third kappa shape index (κ3) is 2.80. The predicted octanol–water partition coefficient (Wildman–Crippen LogP) is 2.47. The van der Waals surface area contributed by atoms with Crippen LogP contribution in [0, 0.1) is 0 Å². The molecule has 24 heavy (non-hydrogen) atoms. The first-order valence-corrected chi connectivity index (χ1v) is 8.61. The van der Waals surface area contributed by atoms with Crippen molar-refractivity contribution in [2.24, 2.45) is 4.99 Å². The predicted molar refractivity (Wildman–Crippen MR) is 95.9 cm³/mol. The second-order valence-corrected chi connectivity index (χ2v) is 6.31. The Morgan fingerprint density at radius 2 is 2.17 bits per heavy atom. The Morgan fingerprint density at radius 3 is 2.88 bits per heavy atom. The fourth-order valence-corrected chi connectivity index (χ4v) is 3.71. The zero-order chi connectivity index (χ0) is 17.1. The van der Waals surface area contributed by atoms with E-state index < -0.39 is 0 Å². The van der Waals surface area contributed by atoms with Gasteiger partial charge in [0.1, 0.15) is 0 Å². The lowest BCUT2D eigenvalue weighted by Crippen LogP contribution is -2.29. The number of thioether (sulfide) groups is 1. The van der Waals surface area contributed by atoms with Gasteiger partial charge in [0.2, 0.25) is 0 Å². The van der Waals surface area contributed by atoms with Gasteiger partial charge in [-0.2, -0.15) is 0 Å². The lowest BCUT2D eigenvalue weighted by atomic mass is 10.1. The van der Waals surface area contributed by atoms with Gasteiger partial charge in [0.25, 0.3) is 5.56 Å². The molecule has 126 valence electrons. The summed E-state index contributed by atoms with van der Waals surface area (Å²) < 4.78 is 12.6. The van der Waals surface area contributed by atoms with Gasteiger partial charge in [0, 0.05) is 31.1 Å². The van der Waals surface area contributed by atoms with Gasteiger partial charge < -0.3 is 9.47 Å². The molecule has 7 heteroatoms. The number of aromatic nitrogens is 2. The molecule has 1 aromatic heterocycles. The highest BCUT2D eigenvalue weighted by molar-refractivity contribution is 7.99. The van der Waals surface area contributed by atoms with Crippen LogP contribution in [0.3, 0.4) is 0 Å². The molecule has 2 heterocycles. The van der Waals surface area contributed by atoms with Gasteiger partial charge >= 0.3 is 0 Å². The van der Waals surface area contributed by atoms with E-state index in [1.54, 1.807) is 43.8 Å². The molecular formula is C17H19N3O3S. The number of methoxy groups -OCH3 is 2. The summed E-state index contributed by atoms with van der Waals surface area (Å²) in [5.74, 6) is 2.12. The maximum atomic E-state index is 12.9. The highest BCUT2D eigenvalue weighted by Crippen LogP contribution is 2.38. The van der Waals surface area contributed by atoms with Crippen LogP contribution in [-0.4, -0.2) is 42.8 Å². The first-order valence-electron chi connectivity index (χ1n) is 7.62. The standard InChI is InChI=1S/C17H19N3O3S/c1-18-10-12-14(11-6-4-7-13(22-2)15(11)23-3)19-17-20(16(12)21)8-5-9-24-17/h4,6-7,10H,5,8-9H2,1-3H3/b18-10+. The third-order valence-corrected chi connectivity index (χ3v) is 4.91. The molecule has 0 saturated carbocycles. The van der Waals surface area contributed by atoms with Gasteiger partial charge in [-0.3, -0.25) is 14.4 Å². The minimum atomic E-state index is -0.0716. The number of nitrogens with zero attached hydrogens (tertiary/aromatic N) is 3. The zero-order valence-corrected chi connectivity index (χ0v) is 14.7. The van der Waals surface area contributed by atoms with Crippen molar-refractivity contribution >= 4 is 18.0 Å². The van der Waals surface area contributed by atoms with Gasteiger partial charge in [-0.05, 0) is 18.6 Å². The molecule has 1 aliphatic rings. The van der Waals surface area contributed by atoms with Crippen LogP contribution in [0.5, 0.6) is 11.5 Å². The number of ether oxygens (including phenoxy) is 2. The van der Waals surface area contributed by atoms with Crippen molar-refractivity contribution in [1.82, 2.24) is 9.55 Å². The lowest BCUT2D eigenvalue weighted by molar-refractivity contribution is 0.356. The lowest BCUT2D eigenvalue weighted by Gasteiger charge is -2.20. The first kappa shape index (κ1) is 16.6. The third-order valence-electron chi connectivity index (χ3n) is 3.84. The van der Waals surface area contributed by atoms with E-state index in [9.17, 15) is 4.79 Å². The molecule has 0 bridgehead atoms. The van der Waals surface area contributed by atoms with E-state index in [-0.39, 0.29) is 5.56 Å². The summed E-state index contributed by atoms with van der Waals surface area (Å²) >= 11 is 1.60. The average molecular weight is 345 g/mol. The average Bonchev–Trinajstić information content (AvgIpc) is 2.63. The maximum Gasteiger partial charge on any atom is 0.263 e.